The smallest absolute Gasteiger partial charge is 0.246 e. The number of likely N-dealkylation sites (N-methyl/N-ethyl adjacent to an activating group) is 7. The molecule has 1 saturated heterocycles. The van der Waals surface area contributed by atoms with Gasteiger partial charge in [-0.25, -0.2) is 0 Å². The summed E-state index contributed by atoms with van der Waals surface area (Å²) in [5.74, 6) is -10.0. The maximum absolute atomic E-state index is 15.3. The number of nitrogens with one attached hydrogen (secondary N) is 4. The molecule has 1 aliphatic rings. The van der Waals surface area contributed by atoms with Gasteiger partial charge in [0, 0.05) is 49.3 Å². The molecule has 0 aromatic carbocycles. The number of nitrogens with zero attached hydrogens (tertiary/aromatic N) is 8. The highest BCUT2D eigenvalue weighted by Gasteiger charge is 2.47. The SMILES string of the molecule is CC=CC[C@@H](C)[C@@H](O)[C@H]1C(=O)N[C@@H](CC)C(=O)N(C)[C@H](CCCN(C)C)C(=O)N(C)[C@@H](C(C)CC)C(=O)N[C@@H](C(C)C)C(=O)N(C)[C@@H](CC(C)C)C(=O)N[C@@H](C)C(=O)N[C@H](C)C(=O)N(C)[C@@H](CC(C)C)C(=O)N(C)[C@@H](CC(C)C)C(=O)N(C)[C@@H](C(C)C)C(=O)N1C. The number of aliphatic hydroxyl groups excluding tert-OH is 1. The molecule has 14 atom stereocenters. The van der Waals surface area contributed by atoms with Crippen LogP contribution >= 0.6 is 0 Å². The van der Waals surface area contributed by atoms with Crippen LogP contribution in [0.3, 0.4) is 0 Å². The molecule has 0 saturated carbocycles. The monoisotopic (exact) mass is 1290 g/mol. The van der Waals surface area contributed by atoms with Crippen molar-refractivity contribution in [1.82, 2.24) is 60.5 Å². The Bertz CT molecular complexity index is 2470. The average molecular weight is 1290 g/mol. The van der Waals surface area contributed by atoms with Gasteiger partial charge in [-0.05, 0) is 128 Å². The van der Waals surface area contributed by atoms with E-state index in [0.29, 0.717) is 25.8 Å². The summed E-state index contributed by atoms with van der Waals surface area (Å²) in [6.07, 6.45) is 3.85. The fraction of sp³-hybridized carbons (Fsp3) is 0.806. The first-order valence-electron chi connectivity index (χ1n) is 33.1. The van der Waals surface area contributed by atoms with E-state index < -0.39 is 161 Å². The highest BCUT2D eigenvalue weighted by atomic mass is 16.3. The van der Waals surface area contributed by atoms with Gasteiger partial charge < -0.3 is 65.6 Å². The third-order valence-corrected chi connectivity index (χ3v) is 17.9. The number of allylic oxidation sites excluding steroid dienone is 2. The zero-order valence-electron chi connectivity index (χ0n) is 60.5. The Morgan fingerprint density at radius 2 is 0.901 bits per heavy atom. The minimum atomic E-state index is -1.63. The fourth-order valence-corrected chi connectivity index (χ4v) is 11.8. The van der Waals surface area contributed by atoms with Crippen molar-refractivity contribution in [3.8, 4) is 0 Å². The summed E-state index contributed by atoms with van der Waals surface area (Å²) in [5, 5.41) is 23.4. The lowest BCUT2D eigenvalue weighted by molar-refractivity contribution is -0.157. The highest BCUT2D eigenvalue weighted by molar-refractivity contribution is 6.00. The van der Waals surface area contributed by atoms with E-state index in [9.17, 15) is 29.1 Å². The molecule has 0 radical (unpaired) electrons. The van der Waals surface area contributed by atoms with E-state index in [1.165, 1.54) is 92.6 Å². The lowest BCUT2D eigenvalue weighted by atomic mass is 9.91. The Hall–Kier alpha value is -6.17. The summed E-state index contributed by atoms with van der Waals surface area (Å²) in [6.45, 7) is 30.5. The van der Waals surface area contributed by atoms with Crippen LogP contribution in [0.15, 0.2) is 12.2 Å². The van der Waals surface area contributed by atoms with Crippen molar-refractivity contribution in [2.24, 2.45) is 41.4 Å². The standard InChI is InChI=1S/C67H122N12O12/c1-27-30-32-44(15)56(80)55-60(84)70-47(29-3)62(86)73(20)48(33-31-34-72(18)19)63(87)78(25)54(43(14)28-2)59(83)71-52(41(10)11)66(90)74(21)49(35-38(4)5)58(82)68-45(16)57(81)69-46(17)61(85)75(22)50(36-39(6)7)64(88)76(23)51(37-40(8)9)65(89)77(24)53(42(12)13)67(91)79(55)26/h27,30,38-56,80H,28-29,31-37H2,1-26H3,(H,68,82)(H,69,81)(H,70,84)(H,71,83)/t43?,44-,45+,46-,47+,48-,49+,50+,51+,52+,53+,54+,55+,56-/m1/s1. The van der Waals surface area contributed by atoms with E-state index in [1.807, 2.05) is 80.5 Å². The number of amides is 11. The molecule has 24 nitrogen and oxygen atoms in total. The summed E-state index contributed by atoms with van der Waals surface area (Å²) >= 11 is 0. The zero-order chi connectivity index (χ0) is 70.5. The van der Waals surface area contributed by atoms with Gasteiger partial charge in [0.25, 0.3) is 0 Å². The molecule has 5 N–H and O–H groups in total. The number of rotatable bonds is 19. The quantitative estimate of drug-likeness (QED) is 0.115. The van der Waals surface area contributed by atoms with E-state index in [4.69, 9.17) is 0 Å². The fourth-order valence-electron chi connectivity index (χ4n) is 11.8. The lowest BCUT2D eigenvalue weighted by Gasteiger charge is -2.41. The Kier molecular flexibility index (Phi) is 34.7. The molecule has 1 unspecified atom stereocenters. The van der Waals surface area contributed by atoms with E-state index >= 15 is 28.8 Å². The number of carbonyl (C=O) groups is 11. The first kappa shape index (κ1) is 82.8. The molecule has 91 heavy (non-hydrogen) atoms. The van der Waals surface area contributed by atoms with Crippen molar-refractivity contribution in [2.75, 3.05) is 70.0 Å². The molecule has 1 aliphatic heterocycles. The van der Waals surface area contributed by atoms with Crippen LogP contribution < -0.4 is 21.3 Å². The van der Waals surface area contributed by atoms with Crippen LogP contribution in [-0.2, 0) is 52.7 Å². The molecule has 1 fully saturated rings. The number of aliphatic hydroxyl groups is 1. The molecule has 522 valence electrons. The van der Waals surface area contributed by atoms with Crippen LogP contribution in [0.5, 0.6) is 0 Å². The summed E-state index contributed by atoms with van der Waals surface area (Å²) in [7, 11) is 13.8. The van der Waals surface area contributed by atoms with Gasteiger partial charge in [-0.3, -0.25) is 52.7 Å². The minimum Gasteiger partial charge on any atom is -0.390 e. The van der Waals surface area contributed by atoms with Crippen molar-refractivity contribution >= 4 is 65.0 Å². The first-order chi connectivity index (χ1) is 42.1. The molecular formula is C67H122N12O12. The van der Waals surface area contributed by atoms with Gasteiger partial charge in [-0.1, -0.05) is 116 Å². The summed E-state index contributed by atoms with van der Waals surface area (Å²) in [5.41, 5.74) is 0. The molecule has 0 aromatic heterocycles. The Labute approximate surface area is 546 Å². The molecule has 0 spiro atoms. The molecule has 1 rings (SSSR count). The topological polar surface area (TPSA) is 282 Å². The second-order valence-electron chi connectivity index (χ2n) is 27.9. The second-order valence-corrected chi connectivity index (χ2v) is 27.9. The molecule has 0 aromatic rings. The largest absolute Gasteiger partial charge is 0.390 e. The predicted octanol–water partition coefficient (Wildman–Crippen LogP) is 3.98. The predicted molar refractivity (Wildman–Crippen MR) is 355 cm³/mol. The summed E-state index contributed by atoms with van der Waals surface area (Å²) in [6, 6.07) is -13.7. The summed E-state index contributed by atoms with van der Waals surface area (Å²) in [4.78, 5) is 174. The van der Waals surface area contributed by atoms with Crippen LogP contribution in [0.25, 0.3) is 0 Å². The maximum Gasteiger partial charge on any atom is 0.246 e. The van der Waals surface area contributed by atoms with Gasteiger partial charge >= 0.3 is 0 Å². The van der Waals surface area contributed by atoms with Crippen molar-refractivity contribution in [3.05, 3.63) is 12.2 Å². The van der Waals surface area contributed by atoms with Gasteiger partial charge in [0.2, 0.25) is 65.0 Å². The lowest BCUT2D eigenvalue weighted by Crippen LogP contribution is -2.64. The molecule has 24 heteroatoms. The van der Waals surface area contributed by atoms with Crippen molar-refractivity contribution in [1.29, 1.82) is 0 Å². The van der Waals surface area contributed by atoms with Crippen LogP contribution in [0.4, 0.5) is 0 Å². The van der Waals surface area contributed by atoms with Crippen molar-refractivity contribution in [3.63, 3.8) is 0 Å². The first-order valence-corrected chi connectivity index (χ1v) is 33.1. The Balaban J connectivity index is 4.53. The van der Waals surface area contributed by atoms with E-state index in [-0.39, 0.29) is 49.9 Å². The van der Waals surface area contributed by atoms with Gasteiger partial charge in [-0.15, -0.1) is 0 Å². The van der Waals surface area contributed by atoms with Crippen molar-refractivity contribution in [2.45, 2.75) is 242 Å². The van der Waals surface area contributed by atoms with E-state index in [2.05, 4.69) is 21.3 Å². The second kappa shape index (κ2) is 38.1. The van der Waals surface area contributed by atoms with Crippen LogP contribution in [0, 0.1) is 41.4 Å². The zero-order valence-corrected chi connectivity index (χ0v) is 60.5. The third kappa shape index (κ3) is 23.1. The normalized spacial score (nSPS) is 27.1. The molecule has 11 amide bonds. The van der Waals surface area contributed by atoms with Crippen molar-refractivity contribution < 1.29 is 57.8 Å². The van der Waals surface area contributed by atoms with Gasteiger partial charge in [-0.2, -0.15) is 0 Å². The Morgan fingerprint density at radius 3 is 1.36 bits per heavy atom. The highest BCUT2D eigenvalue weighted by Crippen LogP contribution is 2.27. The average Bonchev–Trinajstić information content (AvgIpc) is 0.924. The van der Waals surface area contributed by atoms with Crippen LogP contribution in [-0.4, -0.2) is 252 Å². The molecular weight excluding hydrogens is 1160 g/mol. The Morgan fingerprint density at radius 1 is 0.473 bits per heavy atom. The molecule has 1 heterocycles. The number of carbonyl (C=O) groups excluding carboxylic acids is 11. The maximum atomic E-state index is 15.3. The minimum absolute atomic E-state index is 0.0129. The number of hydrogen-bond donors (Lipinski definition) is 5. The van der Waals surface area contributed by atoms with Crippen LogP contribution in [0.1, 0.15) is 169 Å². The van der Waals surface area contributed by atoms with Crippen LogP contribution in [0.2, 0.25) is 0 Å². The van der Waals surface area contributed by atoms with Gasteiger partial charge in [0.1, 0.15) is 66.5 Å². The van der Waals surface area contributed by atoms with Gasteiger partial charge in [0.05, 0.1) is 6.10 Å². The van der Waals surface area contributed by atoms with E-state index in [0.717, 1.165) is 4.90 Å². The molecule has 0 bridgehead atoms. The third-order valence-electron chi connectivity index (χ3n) is 17.9. The number of hydrogen-bond acceptors (Lipinski definition) is 13. The molecule has 0 aliphatic carbocycles. The summed E-state index contributed by atoms with van der Waals surface area (Å²) < 4.78 is 0. The van der Waals surface area contributed by atoms with E-state index in [1.54, 1.807) is 54.5 Å². The van der Waals surface area contributed by atoms with Gasteiger partial charge in [0.15, 0.2) is 0 Å².